The molecule has 1 aromatic carbocycles. The van der Waals surface area contributed by atoms with E-state index in [0.717, 1.165) is 6.21 Å². The van der Waals surface area contributed by atoms with Crippen LogP contribution in [0, 0.1) is 17.2 Å². The van der Waals surface area contributed by atoms with Crippen molar-refractivity contribution in [3.05, 3.63) is 26.7 Å². The van der Waals surface area contributed by atoms with Crippen molar-refractivity contribution in [3.8, 4) is 6.07 Å². The van der Waals surface area contributed by atoms with Gasteiger partial charge in [-0.05, 0) is 26.8 Å². The number of aliphatic imine (C=N–C) groups is 1. The summed E-state index contributed by atoms with van der Waals surface area (Å²) in [6.07, 6.45) is 0.686. The summed E-state index contributed by atoms with van der Waals surface area (Å²) in [5.41, 5.74) is -0.0696. The molecule has 0 fully saturated rings. The van der Waals surface area contributed by atoms with E-state index in [-0.39, 0.29) is 39.0 Å². The minimum absolute atomic E-state index is 0.0273. The van der Waals surface area contributed by atoms with Crippen LogP contribution in [0.15, 0.2) is 11.1 Å². The molecule has 134 valence electrons. The van der Waals surface area contributed by atoms with Crippen LogP contribution in [0.2, 0.25) is 15.1 Å². The number of carbonyl (C=O) groups is 2. The number of esters is 2. The highest BCUT2D eigenvalue weighted by atomic mass is 35.5. The largest absolute Gasteiger partial charge is 0.462 e. The van der Waals surface area contributed by atoms with Crippen molar-refractivity contribution in [2.45, 2.75) is 26.9 Å². The molecule has 1 atom stereocenters. The molecule has 0 heterocycles. The van der Waals surface area contributed by atoms with Crippen molar-refractivity contribution in [2.75, 3.05) is 6.61 Å². The number of ether oxygens (including phenoxy) is 2. The van der Waals surface area contributed by atoms with E-state index in [4.69, 9.17) is 49.5 Å². The SMILES string of the molecule is CCOC(=O)c1c(Cl)c(Cl)cc(N=CC(C#N)C(=O)OC(C)C)c1Cl. The van der Waals surface area contributed by atoms with Crippen molar-refractivity contribution in [2.24, 2.45) is 10.9 Å². The predicted octanol–water partition coefficient (Wildman–Crippen LogP) is 4.62. The fourth-order valence-electron chi connectivity index (χ4n) is 1.67. The first-order valence-electron chi connectivity index (χ1n) is 7.21. The summed E-state index contributed by atoms with van der Waals surface area (Å²) in [5.74, 6) is -2.74. The normalized spacial score (nSPS) is 12.1. The Morgan fingerprint density at radius 1 is 1.32 bits per heavy atom. The van der Waals surface area contributed by atoms with Gasteiger partial charge in [0.05, 0.1) is 39.5 Å². The molecule has 0 aliphatic heterocycles. The molecule has 0 bridgehead atoms. The molecular weight excluding hydrogens is 391 g/mol. The van der Waals surface area contributed by atoms with Gasteiger partial charge in [-0.3, -0.25) is 9.79 Å². The Balaban J connectivity index is 3.24. The molecule has 1 rings (SSSR count). The summed E-state index contributed by atoms with van der Waals surface area (Å²) in [4.78, 5) is 27.7. The molecule has 0 spiro atoms. The topological polar surface area (TPSA) is 88.8 Å². The van der Waals surface area contributed by atoms with E-state index in [9.17, 15) is 9.59 Å². The second kappa shape index (κ2) is 9.62. The van der Waals surface area contributed by atoms with Crippen LogP contribution in [0.4, 0.5) is 5.69 Å². The van der Waals surface area contributed by atoms with Gasteiger partial charge in [0.15, 0.2) is 5.92 Å². The lowest BCUT2D eigenvalue weighted by molar-refractivity contribution is -0.148. The standard InChI is InChI=1S/C16H15Cl3N2O4/c1-4-24-16(23)12-13(18)10(17)5-11(14(12)19)21-7-9(6-20)15(22)25-8(2)3/h5,7-9H,4H2,1-3H3. The van der Waals surface area contributed by atoms with Crippen molar-refractivity contribution < 1.29 is 19.1 Å². The van der Waals surface area contributed by atoms with E-state index in [1.807, 2.05) is 0 Å². The van der Waals surface area contributed by atoms with E-state index in [1.165, 1.54) is 6.07 Å². The average molecular weight is 406 g/mol. The van der Waals surface area contributed by atoms with Gasteiger partial charge in [0, 0.05) is 6.21 Å². The predicted molar refractivity (Wildman–Crippen MR) is 95.9 cm³/mol. The van der Waals surface area contributed by atoms with Gasteiger partial charge < -0.3 is 9.47 Å². The lowest BCUT2D eigenvalue weighted by Gasteiger charge is -2.11. The molecule has 1 aromatic rings. The number of carbonyl (C=O) groups excluding carboxylic acids is 2. The minimum Gasteiger partial charge on any atom is -0.462 e. The molecule has 6 nitrogen and oxygen atoms in total. The number of nitrogens with zero attached hydrogens (tertiary/aromatic N) is 2. The molecule has 0 saturated heterocycles. The lowest BCUT2D eigenvalue weighted by Crippen LogP contribution is -2.20. The molecule has 25 heavy (non-hydrogen) atoms. The van der Waals surface area contributed by atoms with Crippen LogP contribution in [0.5, 0.6) is 0 Å². The van der Waals surface area contributed by atoms with Crippen molar-refractivity contribution in [1.82, 2.24) is 0 Å². The summed E-state index contributed by atoms with van der Waals surface area (Å²) in [6.45, 7) is 5.06. The fraction of sp³-hybridized carbons (Fsp3) is 0.375. The minimum atomic E-state index is -1.24. The molecule has 1 unspecified atom stereocenters. The molecule has 0 N–H and O–H groups in total. The number of benzene rings is 1. The van der Waals surface area contributed by atoms with Gasteiger partial charge in [-0.1, -0.05) is 34.8 Å². The van der Waals surface area contributed by atoms with Gasteiger partial charge in [0.25, 0.3) is 0 Å². The first-order chi connectivity index (χ1) is 11.7. The van der Waals surface area contributed by atoms with E-state index < -0.39 is 17.9 Å². The van der Waals surface area contributed by atoms with Gasteiger partial charge in [-0.2, -0.15) is 5.26 Å². The Morgan fingerprint density at radius 2 is 1.96 bits per heavy atom. The Hall–Kier alpha value is -1.81. The molecule has 0 radical (unpaired) electrons. The van der Waals surface area contributed by atoms with E-state index in [2.05, 4.69) is 4.99 Å². The molecule has 0 amide bonds. The summed E-state index contributed by atoms with van der Waals surface area (Å²) in [6, 6.07) is 3.08. The number of rotatable bonds is 6. The van der Waals surface area contributed by atoms with Crippen LogP contribution >= 0.6 is 34.8 Å². The van der Waals surface area contributed by atoms with Crippen LogP contribution in [0.25, 0.3) is 0 Å². The molecule has 9 heteroatoms. The quantitative estimate of drug-likeness (QED) is 0.391. The molecule has 0 saturated carbocycles. The van der Waals surface area contributed by atoms with E-state index >= 15 is 0 Å². The van der Waals surface area contributed by atoms with Gasteiger partial charge in [-0.15, -0.1) is 0 Å². The summed E-state index contributed by atoms with van der Waals surface area (Å²) < 4.78 is 9.84. The van der Waals surface area contributed by atoms with E-state index in [0.29, 0.717) is 0 Å². The van der Waals surface area contributed by atoms with Gasteiger partial charge in [-0.25, -0.2) is 4.79 Å². The second-order valence-corrected chi connectivity index (χ2v) is 6.13. The highest BCUT2D eigenvalue weighted by Gasteiger charge is 2.23. The number of halogens is 3. The van der Waals surface area contributed by atoms with Crippen LogP contribution < -0.4 is 0 Å². The number of hydrogen-bond acceptors (Lipinski definition) is 6. The Labute approximate surface area is 160 Å². The maximum atomic E-state index is 12.0. The van der Waals surface area contributed by atoms with E-state index in [1.54, 1.807) is 26.8 Å². The highest BCUT2D eigenvalue weighted by Crippen LogP contribution is 2.39. The van der Waals surface area contributed by atoms with Gasteiger partial charge in [0.1, 0.15) is 5.56 Å². The van der Waals surface area contributed by atoms with Crippen molar-refractivity contribution in [1.29, 1.82) is 5.26 Å². The first kappa shape index (κ1) is 21.2. The third-order valence-electron chi connectivity index (χ3n) is 2.72. The van der Waals surface area contributed by atoms with Crippen LogP contribution in [0.1, 0.15) is 31.1 Å². The zero-order valence-corrected chi connectivity index (χ0v) is 15.9. The summed E-state index contributed by atoms with van der Waals surface area (Å²) in [7, 11) is 0. The third-order valence-corrected chi connectivity index (χ3v) is 3.89. The smallest absolute Gasteiger partial charge is 0.341 e. The van der Waals surface area contributed by atoms with Gasteiger partial charge >= 0.3 is 11.9 Å². The molecular formula is C16H15Cl3N2O4. The Bertz CT molecular complexity index is 742. The van der Waals surface area contributed by atoms with Crippen LogP contribution in [-0.4, -0.2) is 30.9 Å². The molecule has 0 aliphatic rings. The van der Waals surface area contributed by atoms with Crippen molar-refractivity contribution in [3.63, 3.8) is 0 Å². The highest BCUT2D eigenvalue weighted by molar-refractivity contribution is 6.47. The molecule has 0 aliphatic carbocycles. The Kier molecular flexibility index (Phi) is 8.17. The maximum Gasteiger partial charge on any atom is 0.341 e. The monoisotopic (exact) mass is 404 g/mol. The average Bonchev–Trinajstić information content (AvgIpc) is 2.52. The van der Waals surface area contributed by atoms with Crippen LogP contribution in [-0.2, 0) is 14.3 Å². The zero-order chi connectivity index (χ0) is 19.1. The maximum absolute atomic E-state index is 12.0. The molecule has 0 aromatic heterocycles. The zero-order valence-electron chi connectivity index (χ0n) is 13.7. The Morgan fingerprint density at radius 3 is 2.48 bits per heavy atom. The van der Waals surface area contributed by atoms with Crippen molar-refractivity contribution >= 4 is 58.6 Å². The third kappa shape index (κ3) is 5.60. The summed E-state index contributed by atoms with van der Waals surface area (Å²) in [5, 5.41) is 8.93. The van der Waals surface area contributed by atoms with Crippen LogP contribution in [0.3, 0.4) is 0 Å². The number of hydrogen-bond donors (Lipinski definition) is 0. The van der Waals surface area contributed by atoms with Gasteiger partial charge in [0.2, 0.25) is 0 Å². The lowest BCUT2D eigenvalue weighted by atomic mass is 10.1. The summed E-state index contributed by atoms with van der Waals surface area (Å²) >= 11 is 18.1. The number of nitriles is 1. The fourth-order valence-corrected chi connectivity index (χ4v) is 2.42. The second-order valence-electron chi connectivity index (χ2n) is 4.97. The first-order valence-corrected chi connectivity index (χ1v) is 8.35.